The van der Waals surface area contributed by atoms with Crippen molar-refractivity contribution in [3.63, 3.8) is 0 Å². The molecule has 0 radical (unpaired) electrons. The number of hydrogen-bond acceptors (Lipinski definition) is 7. The largest absolute Gasteiger partial charge is 0.506 e. The number of phenolic OH excluding ortho intramolecular Hbond substituents is 1. The van der Waals surface area contributed by atoms with Crippen LogP contribution in [-0.2, 0) is 10.0 Å². The third-order valence-corrected chi connectivity index (χ3v) is 6.11. The molecule has 10 heteroatoms. The molecule has 3 aromatic carbocycles. The molecule has 1 unspecified atom stereocenters. The highest BCUT2D eigenvalue weighted by molar-refractivity contribution is 7.92. The zero-order valence-electron chi connectivity index (χ0n) is 20.3. The van der Waals surface area contributed by atoms with E-state index < -0.39 is 22.1 Å². The number of carbonyl (C=O) groups is 1. The smallest absolute Gasteiger partial charge is 0.336 e. The van der Waals surface area contributed by atoms with Crippen LogP contribution in [0.3, 0.4) is 0 Å². The highest BCUT2D eigenvalue weighted by Crippen LogP contribution is 2.28. The molecule has 0 bridgehead atoms. The quantitative estimate of drug-likeness (QED) is 0.193. The van der Waals surface area contributed by atoms with E-state index in [0.717, 1.165) is 17.4 Å². The number of nitrogens with one attached hydrogen (secondary N) is 2. The van der Waals surface area contributed by atoms with Crippen LogP contribution in [-0.4, -0.2) is 55.7 Å². The second-order valence-corrected chi connectivity index (χ2v) is 10.3. The molecule has 0 aromatic heterocycles. The zero-order valence-corrected chi connectivity index (χ0v) is 21.1. The van der Waals surface area contributed by atoms with Crippen molar-refractivity contribution in [1.82, 2.24) is 5.32 Å². The number of hydrogen-bond donors (Lipinski definition) is 5. The van der Waals surface area contributed by atoms with E-state index in [2.05, 4.69) is 10.0 Å². The number of aromatic hydroxyl groups is 1. The minimum Gasteiger partial charge on any atom is -0.506 e. The van der Waals surface area contributed by atoms with Gasteiger partial charge in [-0.05, 0) is 65.9 Å². The van der Waals surface area contributed by atoms with Crippen LogP contribution in [0.4, 0.5) is 5.69 Å². The number of benzene rings is 3. The van der Waals surface area contributed by atoms with Crippen LogP contribution in [0.25, 0.3) is 11.1 Å². The molecule has 192 valence electrons. The Labute approximate surface area is 210 Å². The molecule has 3 aromatic rings. The van der Waals surface area contributed by atoms with Gasteiger partial charge in [0.1, 0.15) is 18.1 Å². The summed E-state index contributed by atoms with van der Waals surface area (Å²) in [5.74, 6) is -0.490. The van der Waals surface area contributed by atoms with Crippen LogP contribution in [0.2, 0.25) is 0 Å². The van der Waals surface area contributed by atoms with E-state index in [1.165, 1.54) is 18.2 Å². The Balaban J connectivity index is 1.50. The average Bonchev–Trinajstić information content (AvgIpc) is 2.79. The molecule has 0 amide bonds. The number of aromatic carboxylic acids is 1. The first-order valence-electron chi connectivity index (χ1n) is 11.2. The molecule has 36 heavy (non-hydrogen) atoms. The molecule has 1 atom stereocenters. The highest BCUT2D eigenvalue weighted by atomic mass is 32.2. The molecule has 0 saturated heterocycles. The van der Waals surface area contributed by atoms with Crippen molar-refractivity contribution in [2.75, 3.05) is 30.7 Å². The topological polar surface area (TPSA) is 145 Å². The lowest BCUT2D eigenvalue weighted by Crippen LogP contribution is -2.26. The predicted octanol–water partition coefficient (Wildman–Crippen LogP) is 3.45. The first kappa shape index (κ1) is 27.0. The normalized spacial score (nSPS) is 12.2. The monoisotopic (exact) mass is 514 g/mol. The van der Waals surface area contributed by atoms with Crippen LogP contribution < -0.4 is 14.8 Å². The van der Waals surface area contributed by atoms with Crippen molar-refractivity contribution in [3.05, 3.63) is 76.9 Å². The number of carboxylic acids is 1. The van der Waals surface area contributed by atoms with Gasteiger partial charge in [-0.25, -0.2) is 13.2 Å². The summed E-state index contributed by atoms with van der Waals surface area (Å²) in [6.45, 7) is 4.59. The molecule has 0 aliphatic carbocycles. The van der Waals surface area contributed by atoms with Gasteiger partial charge in [-0.15, -0.1) is 0 Å². The van der Waals surface area contributed by atoms with Crippen LogP contribution in [0.5, 0.6) is 11.5 Å². The maximum atomic E-state index is 11.4. The van der Waals surface area contributed by atoms with Crippen molar-refractivity contribution in [3.8, 4) is 22.6 Å². The van der Waals surface area contributed by atoms with E-state index in [-0.39, 0.29) is 18.0 Å². The third kappa shape index (κ3) is 7.20. The number of carboxylic acid groups (broad SMARTS) is 1. The van der Waals surface area contributed by atoms with Crippen molar-refractivity contribution in [2.45, 2.75) is 20.0 Å². The Bertz CT molecular complexity index is 1320. The highest BCUT2D eigenvalue weighted by Gasteiger charge is 2.14. The number of ether oxygens (including phenoxy) is 1. The van der Waals surface area contributed by atoms with Gasteiger partial charge in [0.2, 0.25) is 10.0 Å². The molecule has 0 heterocycles. The summed E-state index contributed by atoms with van der Waals surface area (Å²) in [4.78, 5) is 11.4. The fraction of sp³-hybridized carbons (Fsp3) is 0.269. The standard InChI is InChI=1S/C26H30N2O7S/c1-16-12-20(13-17(2)25(16)26(31)32)18-4-7-21(8-5-18)35-11-10-27-15-24(30)19-6-9-23(29)22(14-19)28-36(3,33)34/h4-9,12-14,24,27-30H,10-11,15H2,1-3H3,(H,31,32). The first-order chi connectivity index (χ1) is 16.9. The van der Waals surface area contributed by atoms with E-state index in [1.54, 1.807) is 13.8 Å². The van der Waals surface area contributed by atoms with Crippen LogP contribution in [0.15, 0.2) is 54.6 Å². The lowest BCUT2D eigenvalue weighted by atomic mass is 9.95. The molecular formula is C26H30N2O7S. The van der Waals surface area contributed by atoms with E-state index in [1.807, 2.05) is 36.4 Å². The number of aliphatic hydroxyl groups is 1. The van der Waals surface area contributed by atoms with Crippen LogP contribution in [0.1, 0.15) is 33.2 Å². The number of aliphatic hydroxyl groups excluding tert-OH is 1. The van der Waals surface area contributed by atoms with Gasteiger partial charge in [0, 0.05) is 13.1 Å². The Morgan fingerprint density at radius 1 is 1.00 bits per heavy atom. The predicted molar refractivity (Wildman–Crippen MR) is 138 cm³/mol. The number of rotatable bonds is 11. The fourth-order valence-electron chi connectivity index (χ4n) is 3.85. The van der Waals surface area contributed by atoms with Crippen molar-refractivity contribution in [2.24, 2.45) is 0 Å². The summed E-state index contributed by atoms with van der Waals surface area (Å²) in [5.41, 5.74) is 4.08. The number of sulfonamides is 1. The molecule has 9 nitrogen and oxygen atoms in total. The molecule has 0 spiro atoms. The maximum Gasteiger partial charge on any atom is 0.336 e. The van der Waals surface area contributed by atoms with Gasteiger partial charge < -0.3 is 25.4 Å². The Kier molecular flexibility index (Phi) is 8.57. The molecule has 0 saturated carbocycles. The maximum absolute atomic E-state index is 11.4. The summed E-state index contributed by atoms with van der Waals surface area (Å²) < 4.78 is 30.8. The van der Waals surface area contributed by atoms with Crippen LogP contribution >= 0.6 is 0 Å². The number of anilines is 1. The van der Waals surface area contributed by atoms with Gasteiger partial charge in [0.05, 0.1) is 23.6 Å². The van der Waals surface area contributed by atoms with Gasteiger partial charge >= 0.3 is 5.97 Å². The second kappa shape index (κ2) is 11.4. The summed E-state index contributed by atoms with van der Waals surface area (Å²) >= 11 is 0. The SMILES string of the molecule is Cc1cc(-c2ccc(OCCNCC(O)c3ccc(O)c(NS(C)(=O)=O)c3)cc2)cc(C)c1C(=O)O. The van der Waals surface area contributed by atoms with E-state index in [0.29, 0.717) is 41.2 Å². The molecular weight excluding hydrogens is 484 g/mol. The number of aryl methyl sites for hydroxylation is 2. The van der Waals surface area contributed by atoms with Crippen molar-refractivity contribution < 1.29 is 33.3 Å². The summed E-state index contributed by atoms with van der Waals surface area (Å²) in [6, 6.07) is 15.4. The lowest BCUT2D eigenvalue weighted by Gasteiger charge is -2.15. The van der Waals surface area contributed by atoms with Gasteiger partial charge in [0.25, 0.3) is 0 Å². The fourth-order valence-corrected chi connectivity index (χ4v) is 4.41. The Morgan fingerprint density at radius 2 is 1.64 bits per heavy atom. The number of phenols is 1. The van der Waals surface area contributed by atoms with Gasteiger partial charge in [-0.1, -0.05) is 30.3 Å². The average molecular weight is 515 g/mol. The molecule has 3 rings (SSSR count). The first-order valence-corrected chi connectivity index (χ1v) is 13.1. The lowest BCUT2D eigenvalue weighted by molar-refractivity contribution is 0.0695. The molecule has 0 aliphatic heterocycles. The summed E-state index contributed by atoms with van der Waals surface area (Å²) in [5, 5.41) is 32.6. The third-order valence-electron chi connectivity index (χ3n) is 5.52. The minimum atomic E-state index is -3.57. The van der Waals surface area contributed by atoms with Gasteiger partial charge in [-0.3, -0.25) is 4.72 Å². The Hall–Kier alpha value is -3.60. The van der Waals surface area contributed by atoms with Crippen molar-refractivity contribution in [1.29, 1.82) is 0 Å². The van der Waals surface area contributed by atoms with Gasteiger partial charge in [0.15, 0.2) is 0 Å². The molecule has 0 aliphatic rings. The zero-order chi connectivity index (χ0) is 26.5. The molecule has 0 fully saturated rings. The van der Waals surface area contributed by atoms with Crippen molar-refractivity contribution >= 4 is 21.7 Å². The van der Waals surface area contributed by atoms with E-state index >= 15 is 0 Å². The summed E-state index contributed by atoms with van der Waals surface area (Å²) in [7, 11) is -3.57. The van der Waals surface area contributed by atoms with Gasteiger partial charge in [-0.2, -0.15) is 0 Å². The summed E-state index contributed by atoms with van der Waals surface area (Å²) in [6.07, 6.45) is 0.0646. The van der Waals surface area contributed by atoms with Crippen LogP contribution in [0, 0.1) is 13.8 Å². The van der Waals surface area contributed by atoms with E-state index in [4.69, 9.17) is 4.74 Å². The minimum absolute atomic E-state index is 0.00369. The second-order valence-electron chi connectivity index (χ2n) is 8.53. The van der Waals surface area contributed by atoms with E-state index in [9.17, 15) is 28.5 Å². The molecule has 5 N–H and O–H groups in total. The Morgan fingerprint density at radius 3 is 2.22 bits per heavy atom.